The maximum atomic E-state index is 4.02. The summed E-state index contributed by atoms with van der Waals surface area (Å²) < 4.78 is 0. The number of hydrogen-bond acceptors (Lipinski definition) is 0. The first-order valence-electron chi connectivity index (χ1n) is 7.56. The van der Waals surface area contributed by atoms with Crippen LogP contribution in [0.3, 0.4) is 0 Å². The van der Waals surface area contributed by atoms with Crippen molar-refractivity contribution in [2.45, 2.75) is 46.5 Å². The van der Waals surface area contributed by atoms with Gasteiger partial charge in [0.15, 0.2) is 0 Å². The highest BCUT2D eigenvalue weighted by Crippen LogP contribution is 2.39. The molecule has 0 nitrogen and oxygen atoms in total. The Balaban J connectivity index is 2.10. The predicted molar refractivity (Wildman–Crippen MR) is 84.2 cm³/mol. The molecule has 1 aromatic carbocycles. The molecule has 0 spiro atoms. The predicted octanol–water partition coefficient (Wildman–Crippen LogP) is 5.19. The molecule has 3 rings (SSSR count). The smallest absolute Gasteiger partial charge is 0.0152 e. The molecule has 0 amide bonds. The SMILES string of the molecule is C=Cc1cc2c(c(C)c1/C=C(\C)C1CC1)C[C@H](C)C2. The third kappa shape index (κ3) is 2.29. The molecule has 0 heteroatoms. The second kappa shape index (κ2) is 4.67. The second-order valence-corrected chi connectivity index (χ2v) is 6.52. The van der Waals surface area contributed by atoms with Gasteiger partial charge in [0.1, 0.15) is 0 Å². The van der Waals surface area contributed by atoms with E-state index >= 15 is 0 Å². The molecule has 19 heavy (non-hydrogen) atoms. The lowest BCUT2D eigenvalue weighted by Crippen LogP contribution is -1.96. The van der Waals surface area contributed by atoms with Crippen molar-refractivity contribution in [3.05, 3.63) is 46.0 Å². The lowest BCUT2D eigenvalue weighted by Gasteiger charge is -2.13. The lowest BCUT2D eigenvalue weighted by molar-refractivity contribution is 0.627. The van der Waals surface area contributed by atoms with Crippen LogP contribution in [0.4, 0.5) is 0 Å². The van der Waals surface area contributed by atoms with Gasteiger partial charge in [-0.15, -0.1) is 0 Å². The average molecular weight is 252 g/mol. The molecule has 2 aliphatic carbocycles. The van der Waals surface area contributed by atoms with Crippen LogP contribution in [0.5, 0.6) is 0 Å². The van der Waals surface area contributed by atoms with E-state index in [0.717, 1.165) is 11.8 Å². The highest BCUT2D eigenvalue weighted by molar-refractivity contribution is 5.71. The largest absolute Gasteiger partial charge is 0.0984 e. The Kier molecular flexibility index (Phi) is 3.12. The first-order chi connectivity index (χ1) is 9.10. The normalized spacial score (nSPS) is 22.5. The maximum absolute atomic E-state index is 4.02. The van der Waals surface area contributed by atoms with Crippen LogP contribution in [0.15, 0.2) is 18.2 Å². The van der Waals surface area contributed by atoms with E-state index in [1.807, 2.05) is 6.08 Å². The Bertz CT molecular complexity index is 556. The maximum Gasteiger partial charge on any atom is -0.0152 e. The van der Waals surface area contributed by atoms with Crippen LogP contribution in [0.2, 0.25) is 0 Å². The summed E-state index contributed by atoms with van der Waals surface area (Å²) in [5.41, 5.74) is 8.96. The van der Waals surface area contributed by atoms with Crippen LogP contribution < -0.4 is 0 Å². The molecular formula is C19H24. The van der Waals surface area contributed by atoms with Crippen molar-refractivity contribution in [3.63, 3.8) is 0 Å². The highest BCUT2D eigenvalue weighted by atomic mass is 14.3. The van der Waals surface area contributed by atoms with Gasteiger partial charge in [-0.25, -0.2) is 0 Å². The monoisotopic (exact) mass is 252 g/mol. The fourth-order valence-corrected chi connectivity index (χ4v) is 3.48. The number of allylic oxidation sites excluding steroid dienone is 1. The minimum absolute atomic E-state index is 0.801. The molecule has 1 fully saturated rings. The average Bonchev–Trinajstić information content (AvgIpc) is 3.15. The molecule has 2 aliphatic rings. The van der Waals surface area contributed by atoms with Crippen molar-refractivity contribution in [2.24, 2.45) is 11.8 Å². The van der Waals surface area contributed by atoms with Crippen LogP contribution in [0.25, 0.3) is 12.2 Å². The van der Waals surface area contributed by atoms with Gasteiger partial charge >= 0.3 is 0 Å². The number of fused-ring (bicyclic) bond motifs is 1. The van der Waals surface area contributed by atoms with Crippen molar-refractivity contribution in [1.29, 1.82) is 0 Å². The standard InChI is InChI=1S/C19H24/c1-5-15-11-17-8-12(2)9-18(17)14(4)19(15)10-13(3)16-6-7-16/h5,10-12,16H,1,6-9H2,2-4H3/b13-10+/t12-/m1/s1. The summed E-state index contributed by atoms with van der Waals surface area (Å²) >= 11 is 0. The van der Waals surface area contributed by atoms with Gasteiger partial charge in [0, 0.05) is 0 Å². The molecule has 100 valence electrons. The molecule has 1 saturated carbocycles. The van der Waals surface area contributed by atoms with E-state index in [0.29, 0.717) is 0 Å². The molecular weight excluding hydrogens is 228 g/mol. The number of rotatable bonds is 3. The van der Waals surface area contributed by atoms with E-state index in [9.17, 15) is 0 Å². The molecule has 0 unspecified atom stereocenters. The Labute approximate surface area is 117 Å². The summed E-state index contributed by atoms with van der Waals surface area (Å²) in [5.74, 6) is 1.65. The molecule has 0 saturated heterocycles. The van der Waals surface area contributed by atoms with Crippen LogP contribution in [0.1, 0.15) is 54.5 Å². The second-order valence-electron chi connectivity index (χ2n) is 6.52. The summed E-state index contributed by atoms with van der Waals surface area (Å²) in [6.45, 7) is 11.0. The fraction of sp³-hybridized carbons (Fsp3) is 0.474. The van der Waals surface area contributed by atoms with Gasteiger partial charge in [-0.1, -0.05) is 37.3 Å². The summed E-state index contributed by atoms with van der Waals surface area (Å²) in [6, 6.07) is 2.38. The van der Waals surface area contributed by atoms with Gasteiger partial charge < -0.3 is 0 Å². The number of hydrogen-bond donors (Lipinski definition) is 0. The molecule has 1 aromatic rings. The first kappa shape index (κ1) is 12.7. The zero-order valence-electron chi connectivity index (χ0n) is 12.4. The summed E-state index contributed by atoms with van der Waals surface area (Å²) in [4.78, 5) is 0. The van der Waals surface area contributed by atoms with Crippen molar-refractivity contribution in [2.75, 3.05) is 0 Å². The number of benzene rings is 1. The van der Waals surface area contributed by atoms with Crippen LogP contribution >= 0.6 is 0 Å². The molecule has 1 atom stereocenters. The lowest BCUT2D eigenvalue weighted by atomic mass is 9.92. The molecule has 0 heterocycles. The summed E-state index contributed by atoms with van der Waals surface area (Å²) in [5, 5.41) is 0. The van der Waals surface area contributed by atoms with Crippen molar-refractivity contribution in [3.8, 4) is 0 Å². The minimum atomic E-state index is 0.801. The van der Waals surface area contributed by atoms with Crippen LogP contribution in [-0.4, -0.2) is 0 Å². The molecule has 0 N–H and O–H groups in total. The van der Waals surface area contributed by atoms with Gasteiger partial charge in [0.05, 0.1) is 0 Å². The molecule has 0 aliphatic heterocycles. The Morgan fingerprint density at radius 1 is 1.32 bits per heavy atom. The van der Waals surface area contributed by atoms with Gasteiger partial charge in [-0.3, -0.25) is 0 Å². The quantitative estimate of drug-likeness (QED) is 0.694. The fourth-order valence-electron chi connectivity index (χ4n) is 3.48. The van der Waals surface area contributed by atoms with E-state index in [2.05, 4.69) is 39.5 Å². The Morgan fingerprint density at radius 3 is 2.68 bits per heavy atom. The van der Waals surface area contributed by atoms with Gasteiger partial charge in [-0.2, -0.15) is 0 Å². The van der Waals surface area contributed by atoms with E-state index < -0.39 is 0 Å². The molecule has 0 bridgehead atoms. The van der Waals surface area contributed by atoms with Gasteiger partial charge in [-0.05, 0) is 79.2 Å². The zero-order valence-corrected chi connectivity index (χ0v) is 12.4. The van der Waals surface area contributed by atoms with Crippen molar-refractivity contribution >= 4 is 12.2 Å². The minimum Gasteiger partial charge on any atom is -0.0984 e. The van der Waals surface area contributed by atoms with Crippen molar-refractivity contribution in [1.82, 2.24) is 0 Å². The van der Waals surface area contributed by atoms with Gasteiger partial charge in [0.25, 0.3) is 0 Å². The highest BCUT2D eigenvalue weighted by Gasteiger charge is 2.25. The van der Waals surface area contributed by atoms with Crippen molar-refractivity contribution < 1.29 is 0 Å². The van der Waals surface area contributed by atoms with E-state index in [4.69, 9.17) is 0 Å². The van der Waals surface area contributed by atoms with E-state index in [1.54, 1.807) is 16.7 Å². The summed E-state index contributed by atoms with van der Waals surface area (Å²) in [7, 11) is 0. The van der Waals surface area contributed by atoms with Crippen LogP contribution in [-0.2, 0) is 12.8 Å². The Hall–Kier alpha value is -1.30. The third-order valence-corrected chi connectivity index (χ3v) is 4.82. The van der Waals surface area contributed by atoms with E-state index in [1.165, 1.54) is 42.4 Å². The van der Waals surface area contributed by atoms with Crippen LogP contribution in [0, 0.1) is 18.8 Å². The summed E-state index contributed by atoms with van der Waals surface area (Å²) in [6.07, 6.45) is 9.71. The molecule has 0 aromatic heterocycles. The van der Waals surface area contributed by atoms with E-state index in [-0.39, 0.29) is 0 Å². The molecule has 0 radical (unpaired) electrons. The first-order valence-corrected chi connectivity index (χ1v) is 7.56. The Morgan fingerprint density at radius 2 is 2.05 bits per heavy atom. The van der Waals surface area contributed by atoms with Gasteiger partial charge in [0.2, 0.25) is 0 Å². The third-order valence-electron chi connectivity index (χ3n) is 4.82. The zero-order chi connectivity index (χ0) is 13.6. The topological polar surface area (TPSA) is 0 Å².